The molecule has 0 aromatic rings. The third-order valence-corrected chi connectivity index (χ3v) is 11.6. The van der Waals surface area contributed by atoms with Crippen LogP contribution in [0.5, 0.6) is 0 Å². The van der Waals surface area contributed by atoms with E-state index >= 15 is 0 Å². The van der Waals surface area contributed by atoms with Crippen LogP contribution in [0.25, 0.3) is 0 Å². The molecule has 0 radical (unpaired) electrons. The summed E-state index contributed by atoms with van der Waals surface area (Å²) >= 11 is 0. The minimum atomic E-state index is -0.762. The normalized spacial score (nSPS) is 13.1. The number of carbonyl (C=O) groups excluding carboxylic acids is 3. The SMILES string of the molecule is CCC(C)CCCCCCCCCCCCC(=O)O[C@@H](COC(=O)CCCCCCCCCCC(C)C)COC(=O)CCCCCCCCCCC(C)CC. The van der Waals surface area contributed by atoms with E-state index in [4.69, 9.17) is 14.2 Å². The zero-order valence-corrected chi connectivity index (χ0v) is 37.7. The first-order valence-corrected chi connectivity index (χ1v) is 24.2. The molecule has 3 atom stereocenters. The molecule has 0 N–H and O–H groups in total. The lowest BCUT2D eigenvalue weighted by Gasteiger charge is -2.18. The molecule has 0 amide bonds. The fourth-order valence-electron chi connectivity index (χ4n) is 7.17. The monoisotopic (exact) mass is 779 g/mol. The molecule has 0 spiro atoms. The van der Waals surface area contributed by atoms with Gasteiger partial charge in [-0.25, -0.2) is 0 Å². The van der Waals surface area contributed by atoms with E-state index in [1.807, 2.05) is 0 Å². The second kappa shape index (κ2) is 40.6. The van der Waals surface area contributed by atoms with Crippen molar-refractivity contribution in [1.29, 1.82) is 0 Å². The van der Waals surface area contributed by atoms with Gasteiger partial charge in [-0.1, -0.05) is 221 Å². The fraction of sp³-hybridized carbons (Fsp3) is 0.939. The van der Waals surface area contributed by atoms with Crippen molar-refractivity contribution in [3.63, 3.8) is 0 Å². The van der Waals surface area contributed by atoms with Gasteiger partial charge in [0.1, 0.15) is 13.2 Å². The molecule has 6 heteroatoms. The second-order valence-electron chi connectivity index (χ2n) is 17.7. The van der Waals surface area contributed by atoms with Crippen LogP contribution in [-0.4, -0.2) is 37.2 Å². The summed E-state index contributed by atoms with van der Waals surface area (Å²) in [6.07, 6.45) is 37.9. The van der Waals surface area contributed by atoms with Crippen molar-refractivity contribution in [3.8, 4) is 0 Å². The summed E-state index contributed by atoms with van der Waals surface area (Å²) in [4.78, 5) is 37.8. The van der Waals surface area contributed by atoms with Gasteiger partial charge in [0, 0.05) is 19.3 Å². The maximum Gasteiger partial charge on any atom is 0.306 e. The van der Waals surface area contributed by atoms with E-state index < -0.39 is 6.10 Å². The van der Waals surface area contributed by atoms with E-state index in [0.29, 0.717) is 19.3 Å². The molecular formula is C49H94O6. The molecule has 0 aliphatic rings. The molecule has 0 saturated heterocycles. The smallest absolute Gasteiger partial charge is 0.306 e. The Hall–Kier alpha value is -1.59. The molecule has 55 heavy (non-hydrogen) atoms. The largest absolute Gasteiger partial charge is 0.462 e. The first-order chi connectivity index (χ1) is 26.7. The van der Waals surface area contributed by atoms with E-state index in [9.17, 15) is 14.4 Å². The highest BCUT2D eigenvalue weighted by molar-refractivity contribution is 5.71. The number of hydrogen-bond acceptors (Lipinski definition) is 6. The van der Waals surface area contributed by atoms with Crippen LogP contribution < -0.4 is 0 Å². The molecule has 0 heterocycles. The molecule has 0 bridgehead atoms. The average Bonchev–Trinajstić information content (AvgIpc) is 3.17. The highest BCUT2D eigenvalue weighted by Gasteiger charge is 2.19. The molecule has 6 nitrogen and oxygen atoms in total. The summed E-state index contributed by atoms with van der Waals surface area (Å²) < 4.78 is 16.8. The quantitative estimate of drug-likeness (QED) is 0.0349. The highest BCUT2D eigenvalue weighted by atomic mass is 16.6. The predicted molar refractivity (Wildman–Crippen MR) is 233 cm³/mol. The molecule has 0 aromatic heterocycles. The number of esters is 3. The number of rotatable bonds is 42. The standard InChI is InChI=1S/C49H94O6/c1-7-44(5)36-30-24-18-11-9-10-12-22-28-34-40-49(52)55-46(41-53-47(50)38-32-26-20-15-13-17-23-29-35-43(3)4)42-54-48(51)39-33-27-21-16-14-19-25-31-37-45(6)8-2/h43-46H,7-42H2,1-6H3/t44?,45?,46-/m0/s1. The number of unbranched alkanes of at least 4 members (excludes halogenated alkanes) is 23. The van der Waals surface area contributed by atoms with Gasteiger partial charge in [-0.2, -0.15) is 0 Å². The lowest BCUT2D eigenvalue weighted by Crippen LogP contribution is -2.30. The molecule has 0 fully saturated rings. The lowest BCUT2D eigenvalue weighted by molar-refractivity contribution is -0.167. The molecule has 0 aromatic carbocycles. The van der Waals surface area contributed by atoms with Gasteiger partial charge in [0.15, 0.2) is 6.10 Å². The summed E-state index contributed by atoms with van der Waals surface area (Å²) in [6, 6.07) is 0. The van der Waals surface area contributed by atoms with Crippen LogP contribution in [0, 0.1) is 17.8 Å². The van der Waals surface area contributed by atoms with Crippen molar-refractivity contribution in [1.82, 2.24) is 0 Å². The van der Waals surface area contributed by atoms with Crippen LogP contribution in [0.4, 0.5) is 0 Å². The van der Waals surface area contributed by atoms with E-state index in [2.05, 4.69) is 41.5 Å². The topological polar surface area (TPSA) is 78.9 Å². The van der Waals surface area contributed by atoms with Crippen LogP contribution >= 0.6 is 0 Å². The summed E-state index contributed by atoms with van der Waals surface area (Å²) in [7, 11) is 0. The van der Waals surface area contributed by atoms with Crippen LogP contribution in [0.3, 0.4) is 0 Å². The molecule has 326 valence electrons. The second-order valence-corrected chi connectivity index (χ2v) is 17.7. The van der Waals surface area contributed by atoms with Crippen LogP contribution in [-0.2, 0) is 28.6 Å². The molecule has 0 aliphatic heterocycles. The Kier molecular flexibility index (Phi) is 39.4. The Morgan fingerprint density at radius 1 is 0.364 bits per heavy atom. The third-order valence-electron chi connectivity index (χ3n) is 11.6. The Morgan fingerprint density at radius 2 is 0.636 bits per heavy atom. The maximum atomic E-state index is 12.7. The summed E-state index contributed by atoms with van der Waals surface area (Å²) in [5.74, 6) is 1.65. The van der Waals surface area contributed by atoms with E-state index in [1.165, 1.54) is 141 Å². The first-order valence-electron chi connectivity index (χ1n) is 24.2. The van der Waals surface area contributed by atoms with Crippen LogP contribution in [0.1, 0.15) is 260 Å². The molecule has 0 saturated carbocycles. The maximum absolute atomic E-state index is 12.7. The van der Waals surface area contributed by atoms with Gasteiger partial charge in [-0.15, -0.1) is 0 Å². The van der Waals surface area contributed by atoms with E-state index in [0.717, 1.165) is 75.5 Å². The third kappa shape index (κ3) is 40.4. The zero-order chi connectivity index (χ0) is 40.6. The summed E-state index contributed by atoms with van der Waals surface area (Å²) in [5.41, 5.74) is 0. The van der Waals surface area contributed by atoms with Crippen molar-refractivity contribution in [3.05, 3.63) is 0 Å². The van der Waals surface area contributed by atoms with Crippen molar-refractivity contribution in [2.45, 2.75) is 266 Å². The average molecular weight is 779 g/mol. The number of carbonyl (C=O) groups is 3. The Morgan fingerprint density at radius 3 is 0.945 bits per heavy atom. The van der Waals surface area contributed by atoms with Crippen molar-refractivity contribution in [2.24, 2.45) is 17.8 Å². The van der Waals surface area contributed by atoms with Gasteiger partial charge >= 0.3 is 17.9 Å². The lowest BCUT2D eigenvalue weighted by atomic mass is 9.99. The van der Waals surface area contributed by atoms with E-state index in [-0.39, 0.29) is 31.1 Å². The Bertz CT molecular complexity index is 856. The first kappa shape index (κ1) is 53.4. The van der Waals surface area contributed by atoms with E-state index in [1.54, 1.807) is 0 Å². The van der Waals surface area contributed by atoms with Crippen LogP contribution in [0.15, 0.2) is 0 Å². The highest BCUT2D eigenvalue weighted by Crippen LogP contribution is 2.18. The predicted octanol–water partition coefficient (Wildman–Crippen LogP) is 15.2. The molecule has 0 aliphatic carbocycles. The van der Waals surface area contributed by atoms with Gasteiger partial charge in [-0.05, 0) is 37.0 Å². The minimum absolute atomic E-state index is 0.0662. The molecule has 2 unspecified atom stereocenters. The van der Waals surface area contributed by atoms with Gasteiger partial charge in [0.05, 0.1) is 0 Å². The minimum Gasteiger partial charge on any atom is -0.462 e. The summed E-state index contributed by atoms with van der Waals surface area (Å²) in [6.45, 7) is 13.7. The van der Waals surface area contributed by atoms with Gasteiger partial charge in [0.25, 0.3) is 0 Å². The van der Waals surface area contributed by atoms with Gasteiger partial charge < -0.3 is 14.2 Å². The molecular weight excluding hydrogens is 685 g/mol. The Labute approximate surface area is 342 Å². The number of ether oxygens (including phenoxy) is 3. The van der Waals surface area contributed by atoms with Gasteiger partial charge in [0.2, 0.25) is 0 Å². The van der Waals surface area contributed by atoms with Crippen molar-refractivity contribution >= 4 is 17.9 Å². The number of hydrogen-bond donors (Lipinski definition) is 0. The Balaban J connectivity index is 4.36. The molecule has 0 rings (SSSR count). The van der Waals surface area contributed by atoms with Crippen molar-refractivity contribution < 1.29 is 28.6 Å². The van der Waals surface area contributed by atoms with Gasteiger partial charge in [-0.3, -0.25) is 14.4 Å². The van der Waals surface area contributed by atoms with Crippen LogP contribution in [0.2, 0.25) is 0 Å². The van der Waals surface area contributed by atoms with Crippen molar-refractivity contribution in [2.75, 3.05) is 13.2 Å². The summed E-state index contributed by atoms with van der Waals surface area (Å²) in [5, 5.41) is 0. The fourth-order valence-corrected chi connectivity index (χ4v) is 7.17. The zero-order valence-electron chi connectivity index (χ0n) is 37.7.